The van der Waals surface area contributed by atoms with E-state index in [-0.39, 0.29) is 17.9 Å². The van der Waals surface area contributed by atoms with Crippen LogP contribution >= 0.6 is 0 Å². The van der Waals surface area contributed by atoms with Crippen LogP contribution < -0.4 is 15.5 Å². The van der Waals surface area contributed by atoms with Gasteiger partial charge in [0, 0.05) is 6.54 Å². The highest BCUT2D eigenvalue weighted by Crippen LogP contribution is 2.37. The van der Waals surface area contributed by atoms with Crippen LogP contribution in [0.15, 0.2) is 48.5 Å². The van der Waals surface area contributed by atoms with E-state index >= 15 is 0 Å². The molecule has 2 aromatic carbocycles. The van der Waals surface area contributed by atoms with E-state index < -0.39 is 30.5 Å². The van der Waals surface area contributed by atoms with Crippen LogP contribution in [0.4, 0.5) is 4.79 Å². The molecule has 0 saturated carbocycles. The van der Waals surface area contributed by atoms with E-state index in [2.05, 4.69) is 10.3 Å². The monoisotopic (exact) mass is 532 g/mol. The van der Waals surface area contributed by atoms with Crippen molar-refractivity contribution in [3.63, 3.8) is 0 Å². The van der Waals surface area contributed by atoms with Gasteiger partial charge in [0.05, 0.1) is 28.3 Å². The zero-order valence-electron chi connectivity index (χ0n) is 23.5. The fourth-order valence-corrected chi connectivity index (χ4v) is 5.09. The summed E-state index contributed by atoms with van der Waals surface area (Å²) < 4.78 is 17.8. The van der Waals surface area contributed by atoms with Gasteiger partial charge >= 0.3 is 13.2 Å². The number of carbonyl (C=O) groups is 2. The summed E-state index contributed by atoms with van der Waals surface area (Å²) in [6.07, 6.45) is 0.990. The van der Waals surface area contributed by atoms with Crippen LogP contribution in [0.2, 0.25) is 0 Å². The molecule has 2 atom stereocenters. The number of hydrogen-bond acceptors (Lipinski definition) is 6. The summed E-state index contributed by atoms with van der Waals surface area (Å²) in [5.74, 6) is 0.888. The van der Waals surface area contributed by atoms with Crippen molar-refractivity contribution in [2.24, 2.45) is 5.92 Å². The molecule has 0 spiro atoms. The standard InChI is InChI=1S/C29H37BN4O5/c1-18(2)24(33-27(36)37-20-11-8-7-9-12-20)26(35)34-16-10-13-23(34)25-31-21-15-14-19(17-22(21)32-25)30-38-28(3,4)29(5,6)39-30/h7-9,11-12,14-15,17-18,23-24H,10,13,16H2,1-6H3,(H,31,32)(H,33,36)/t23-,24-/m0/s1. The lowest BCUT2D eigenvalue weighted by atomic mass is 9.79. The summed E-state index contributed by atoms with van der Waals surface area (Å²) in [4.78, 5) is 36.4. The van der Waals surface area contributed by atoms with E-state index in [0.717, 1.165) is 35.2 Å². The fraction of sp³-hybridized carbons (Fsp3) is 0.483. The summed E-state index contributed by atoms with van der Waals surface area (Å²) in [7, 11) is -0.468. The van der Waals surface area contributed by atoms with Crippen molar-refractivity contribution in [3.8, 4) is 5.75 Å². The van der Waals surface area contributed by atoms with Crippen molar-refractivity contribution in [2.75, 3.05) is 6.54 Å². The molecule has 0 aliphatic carbocycles. The van der Waals surface area contributed by atoms with Gasteiger partial charge in [-0.2, -0.15) is 0 Å². The highest BCUT2D eigenvalue weighted by molar-refractivity contribution is 6.62. The second kappa shape index (κ2) is 10.3. The first-order valence-electron chi connectivity index (χ1n) is 13.6. The maximum Gasteiger partial charge on any atom is 0.494 e. The number of H-pyrrole nitrogens is 1. The minimum atomic E-state index is -0.721. The second-order valence-electron chi connectivity index (χ2n) is 11.7. The lowest BCUT2D eigenvalue weighted by molar-refractivity contribution is -0.135. The number of aromatic amines is 1. The van der Waals surface area contributed by atoms with Gasteiger partial charge < -0.3 is 29.2 Å². The van der Waals surface area contributed by atoms with Crippen LogP contribution in [-0.4, -0.2) is 57.8 Å². The van der Waals surface area contributed by atoms with Crippen LogP contribution in [0.3, 0.4) is 0 Å². The van der Waals surface area contributed by atoms with E-state index in [1.807, 2.05) is 70.7 Å². The predicted molar refractivity (Wildman–Crippen MR) is 150 cm³/mol. The molecule has 2 amide bonds. The normalized spacial score (nSPS) is 20.9. The SMILES string of the molecule is CC(C)[C@H](NC(=O)Oc1ccccc1)C(=O)N1CCC[C@H]1c1nc2ccc(B3OC(C)(C)C(C)(C)O3)cc2[nH]1. The van der Waals surface area contributed by atoms with Gasteiger partial charge in [-0.3, -0.25) is 4.79 Å². The van der Waals surface area contributed by atoms with Gasteiger partial charge in [-0.1, -0.05) is 38.1 Å². The number of para-hydroxylation sites is 1. The molecule has 3 heterocycles. The van der Waals surface area contributed by atoms with Crippen molar-refractivity contribution < 1.29 is 23.6 Å². The van der Waals surface area contributed by atoms with Gasteiger partial charge in [0.2, 0.25) is 5.91 Å². The summed E-state index contributed by atoms with van der Waals surface area (Å²) in [5.41, 5.74) is 1.74. The fourth-order valence-electron chi connectivity index (χ4n) is 5.09. The van der Waals surface area contributed by atoms with E-state index in [0.29, 0.717) is 12.3 Å². The Labute approximate surface area is 229 Å². The summed E-state index contributed by atoms with van der Waals surface area (Å²) in [6.45, 7) is 12.6. The number of ether oxygens (including phenoxy) is 1. The number of benzene rings is 2. The first-order chi connectivity index (χ1) is 18.4. The molecule has 0 radical (unpaired) electrons. The number of carbonyl (C=O) groups excluding carboxylic acids is 2. The summed E-state index contributed by atoms with van der Waals surface area (Å²) >= 11 is 0. The number of hydrogen-bond donors (Lipinski definition) is 2. The largest absolute Gasteiger partial charge is 0.494 e. The molecule has 206 valence electrons. The van der Waals surface area contributed by atoms with Crippen LogP contribution in [0.25, 0.3) is 11.0 Å². The molecule has 2 fully saturated rings. The molecule has 2 N–H and O–H groups in total. The Morgan fingerprint density at radius 1 is 1.10 bits per heavy atom. The zero-order valence-corrected chi connectivity index (χ0v) is 23.5. The topological polar surface area (TPSA) is 106 Å². The van der Waals surface area contributed by atoms with Crippen LogP contribution in [0.1, 0.15) is 66.3 Å². The van der Waals surface area contributed by atoms with E-state index in [9.17, 15) is 9.59 Å². The van der Waals surface area contributed by atoms with E-state index in [4.69, 9.17) is 19.0 Å². The molecular formula is C29H37BN4O5. The molecule has 1 aromatic heterocycles. The molecule has 2 aliphatic heterocycles. The van der Waals surface area contributed by atoms with Gasteiger partial charge in [-0.05, 0) is 76.2 Å². The van der Waals surface area contributed by atoms with Crippen LogP contribution in [-0.2, 0) is 14.1 Å². The van der Waals surface area contributed by atoms with Crippen molar-refractivity contribution in [2.45, 2.75) is 77.7 Å². The number of likely N-dealkylation sites (tertiary alicyclic amines) is 1. The van der Waals surface area contributed by atoms with Gasteiger partial charge in [0.15, 0.2) is 0 Å². The Morgan fingerprint density at radius 2 is 1.79 bits per heavy atom. The number of nitrogens with zero attached hydrogens (tertiary/aromatic N) is 2. The van der Waals surface area contributed by atoms with Gasteiger partial charge in [0.1, 0.15) is 17.6 Å². The third kappa shape index (κ3) is 5.40. The third-order valence-corrected chi connectivity index (χ3v) is 8.06. The molecule has 2 aliphatic rings. The maximum atomic E-state index is 13.7. The Bertz CT molecular complexity index is 1340. The molecule has 9 nitrogen and oxygen atoms in total. The highest BCUT2D eigenvalue weighted by Gasteiger charge is 2.51. The molecule has 3 aromatic rings. The molecule has 0 bridgehead atoms. The maximum absolute atomic E-state index is 13.7. The average molecular weight is 532 g/mol. The lowest BCUT2D eigenvalue weighted by Crippen LogP contribution is -2.51. The Kier molecular flexibility index (Phi) is 7.20. The van der Waals surface area contributed by atoms with E-state index in [1.54, 1.807) is 24.3 Å². The van der Waals surface area contributed by atoms with Gasteiger partial charge in [-0.15, -0.1) is 0 Å². The number of nitrogens with one attached hydrogen (secondary N) is 2. The molecule has 5 rings (SSSR count). The van der Waals surface area contributed by atoms with Crippen molar-refractivity contribution in [1.29, 1.82) is 0 Å². The first-order valence-corrected chi connectivity index (χ1v) is 13.6. The molecular weight excluding hydrogens is 495 g/mol. The summed E-state index contributed by atoms with van der Waals surface area (Å²) in [6, 6.07) is 13.8. The van der Waals surface area contributed by atoms with E-state index in [1.165, 1.54) is 0 Å². The minimum absolute atomic E-state index is 0.125. The number of fused-ring (bicyclic) bond motifs is 1. The summed E-state index contributed by atoms with van der Waals surface area (Å²) in [5, 5.41) is 2.78. The number of imidazole rings is 1. The Balaban J connectivity index is 1.32. The second-order valence-corrected chi connectivity index (χ2v) is 11.7. The van der Waals surface area contributed by atoms with Crippen LogP contribution in [0.5, 0.6) is 5.75 Å². The van der Waals surface area contributed by atoms with Gasteiger partial charge in [-0.25, -0.2) is 9.78 Å². The average Bonchev–Trinajstić information content (AvgIpc) is 3.57. The number of rotatable bonds is 6. The molecule has 0 unspecified atom stereocenters. The highest BCUT2D eigenvalue weighted by atomic mass is 16.7. The zero-order chi connectivity index (χ0) is 27.9. The van der Waals surface area contributed by atoms with Crippen molar-refractivity contribution >= 4 is 35.6 Å². The smallest absolute Gasteiger partial charge is 0.410 e. The predicted octanol–water partition coefficient (Wildman–Crippen LogP) is 4.34. The minimum Gasteiger partial charge on any atom is -0.410 e. The Hall–Kier alpha value is -3.37. The number of amides is 2. The lowest BCUT2D eigenvalue weighted by Gasteiger charge is -2.32. The molecule has 2 saturated heterocycles. The molecule has 39 heavy (non-hydrogen) atoms. The van der Waals surface area contributed by atoms with Crippen molar-refractivity contribution in [3.05, 3.63) is 54.4 Å². The molecule has 10 heteroatoms. The number of aromatic nitrogens is 2. The quantitative estimate of drug-likeness (QED) is 0.458. The van der Waals surface area contributed by atoms with Crippen molar-refractivity contribution in [1.82, 2.24) is 20.2 Å². The Morgan fingerprint density at radius 3 is 2.46 bits per heavy atom. The van der Waals surface area contributed by atoms with Crippen LogP contribution in [0, 0.1) is 5.92 Å². The van der Waals surface area contributed by atoms with Gasteiger partial charge in [0.25, 0.3) is 0 Å². The first kappa shape index (κ1) is 27.2. The third-order valence-electron chi connectivity index (χ3n) is 8.06.